The maximum atomic E-state index is 12.6. The number of piperidine rings is 1. The van der Waals surface area contributed by atoms with Crippen LogP contribution in [0.5, 0.6) is 0 Å². The summed E-state index contributed by atoms with van der Waals surface area (Å²) in [4.78, 5) is 1.16. The Bertz CT molecular complexity index is 578. The molecule has 1 heterocycles. The molecule has 0 aromatic heterocycles. The predicted octanol–water partition coefficient (Wildman–Crippen LogP) is 2.43. The van der Waals surface area contributed by atoms with Crippen molar-refractivity contribution in [2.24, 2.45) is 0 Å². The molecule has 1 atom stereocenters. The first kappa shape index (κ1) is 16.1. The Labute approximate surface area is 129 Å². The van der Waals surface area contributed by atoms with Crippen molar-refractivity contribution in [1.29, 1.82) is 0 Å². The lowest BCUT2D eigenvalue weighted by molar-refractivity contribution is 0.293. The third-order valence-corrected chi connectivity index (χ3v) is 6.64. The first-order chi connectivity index (χ1) is 9.48. The average molecular weight is 335 g/mol. The standard InChI is InChI=1S/C13H19ClN2O2S2/c1-15-10-4-3-7-16(9-10)20(17,18)11-5-6-13(19-2)12(14)8-11/h5-6,8,10,15H,3-4,7,9H2,1-2H3. The van der Waals surface area contributed by atoms with Crippen molar-refractivity contribution >= 4 is 33.4 Å². The molecule has 2 rings (SSSR count). The number of benzene rings is 1. The molecule has 1 N–H and O–H groups in total. The van der Waals surface area contributed by atoms with Crippen molar-refractivity contribution in [1.82, 2.24) is 9.62 Å². The fourth-order valence-corrected chi connectivity index (χ4v) is 4.84. The molecular formula is C13H19ClN2O2S2. The molecule has 1 aromatic rings. The minimum Gasteiger partial charge on any atom is -0.316 e. The van der Waals surface area contributed by atoms with E-state index in [-0.39, 0.29) is 10.9 Å². The summed E-state index contributed by atoms with van der Waals surface area (Å²) >= 11 is 7.62. The Hall–Kier alpha value is -0.270. The van der Waals surface area contributed by atoms with Crippen LogP contribution in [0.3, 0.4) is 0 Å². The van der Waals surface area contributed by atoms with Gasteiger partial charge in [-0.1, -0.05) is 11.6 Å². The Morgan fingerprint density at radius 2 is 2.20 bits per heavy atom. The number of hydrogen-bond donors (Lipinski definition) is 1. The smallest absolute Gasteiger partial charge is 0.243 e. The van der Waals surface area contributed by atoms with Crippen LogP contribution in [-0.2, 0) is 10.0 Å². The van der Waals surface area contributed by atoms with Crippen LogP contribution in [0.25, 0.3) is 0 Å². The van der Waals surface area contributed by atoms with Crippen LogP contribution in [0.15, 0.2) is 28.0 Å². The van der Waals surface area contributed by atoms with E-state index < -0.39 is 10.0 Å². The molecule has 0 amide bonds. The van der Waals surface area contributed by atoms with Crippen molar-refractivity contribution in [3.8, 4) is 0 Å². The van der Waals surface area contributed by atoms with Gasteiger partial charge >= 0.3 is 0 Å². The van der Waals surface area contributed by atoms with Crippen molar-refractivity contribution in [2.45, 2.75) is 28.7 Å². The molecule has 1 aromatic carbocycles. The number of hydrogen-bond acceptors (Lipinski definition) is 4. The van der Waals surface area contributed by atoms with Crippen molar-refractivity contribution < 1.29 is 8.42 Å². The van der Waals surface area contributed by atoms with Gasteiger partial charge in [0.2, 0.25) is 10.0 Å². The van der Waals surface area contributed by atoms with Gasteiger partial charge in [-0.3, -0.25) is 0 Å². The highest BCUT2D eigenvalue weighted by Crippen LogP contribution is 2.29. The van der Waals surface area contributed by atoms with Gasteiger partial charge in [0.1, 0.15) is 0 Å². The first-order valence-corrected chi connectivity index (χ1v) is 9.54. The second kappa shape index (κ2) is 6.66. The van der Waals surface area contributed by atoms with Gasteiger partial charge < -0.3 is 5.32 Å². The van der Waals surface area contributed by atoms with Crippen molar-refractivity contribution in [3.05, 3.63) is 23.2 Å². The molecule has 112 valence electrons. The summed E-state index contributed by atoms with van der Waals surface area (Å²) in [6.07, 6.45) is 3.80. The molecule has 0 saturated carbocycles. The van der Waals surface area contributed by atoms with E-state index in [4.69, 9.17) is 11.6 Å². The van der Waals surface area contributed by atoms with Crippen molar-refractivity contribution in [2.75, 3.05) is 26.4 Å². The fourth-order valence-electron chi connectivity index (χ4n) is 2.35. The molecule has 4 nitrogen and oxygen atoms in total. The molecular weight excluding hydrogens is 316 g/mol. The normalized spacial score (nSPS) is 21.1. The van der Waals surface area contributed by atoms with E-state index in [9.17, 15) is 8.42 Å². The van der Waals surface area contributed by atoms with Crippen molar-refractivity contribution in [3.63, 3.8) is 0 Å². The summed E-state index contributed by atoms with van der Waals surface area (Å²) in [7, 11) is -1.59. The summed E-state index contributed by atoms with van der Waals surface area (Å²) < 4.78 is 26.8. The largest absolute Gasteiger partial charge is 0.316 e. The number of sulfonamides is 1. The van der Waals surface area contributed by atoms with Gasteiger partial charge in [0.15, 0.2) is 0 Å². The molecule has 0 bridgehead atoms. The molecule has 7 heteroatoms. The summed E-state index contributed by atoms with van der Waals surface area (Å²) in [6.45, 7) is 1.09. The Morgan fingerprint density at radius 3 is 2.80 bits per heavy atom. The number of rotatable bonds is 4. The molecule has 1 aliphatic heterocycles. The van der Waals surface area contributed by atoms with Gasteiger partial charge in [-0.05, 0) is 44.3 Å². The van der Waals surface area contributed by atoms with Gasteiger partial charge in [-0.25, -0.2) is 8.42 Å². The minimum absolute atomic E-state index is 0.222. The van der Waals surface area contributed by atoms with E-state index in [1.54, 1.807) is 22.5 Å². The SMILES string of the molecule is CNC1CCCN(S(=O)(=O)c2ccc(SC)c(Cl)c2)C1. The maximum absolute atomic E-state index is 12.6. The Morgan fingerprint density at radius 1 is 1.45 bits per heavy atom. The van der Waals surface area contributed by atoms with Gasteiger partial charge in [-0.2, -0.15) is 4.31 Å². The first-order valence-electron chi connectivity index (χ1n) is 6.50. The molecule has 0 radical (unpaired) electrons. The fraction of sp³-hybridized carbons (Fsp3) is 0.538. The average Bonchev–Trinajstić information content (AvgIpc) is 2.47. The molecule has 1 unspecified atom stereocenters. The Balaban J connectivity index is 2.28. The molecule has 0 aliphatic carbocycles. The van der Waals surface area contributed by atoms with Gasteiger partial charge in [0.25, 0.3) is 0 Å². The topological polar surface area (TPSA) is 49.4 Å². The van der Waals surface area contributed by atoms with Gasteiger partial charge in [0.05, 0.1) is 9.92 Å². The lowest BCUT2D eigenvalue weighted by Crippen LogP contribution is -2.46. The summed E-state index contributed by atoms with van der Waals surface area (Å²) in [5.74, 6) is 0. The second-order valence-electron chi connectivity index (χ2n) is 4.79. The summed E-state index contributed by atoms with van der Waals surface area (Å²) in [5, 5.41) is 3.64. The van der Waals surface area contributed by atoms with Crippen LogP contribution in [0.4, 0.5) is 0 Å². The lowest BCUT2D eigenvalue weighted by atomic mass is 10.1. The lowest BCUT2D eigenvalue weighted by Gasteiger charge is -2.31. The third kappa shape index (κ3) is 3.31. The monoisotopic (exact) mass is 334 g/mol. The highest BCUT2D eigenvalue weighted by atomic mass is 35.5. The highest BCUT2D eigenvalue weighted by molar-refractivity contribution is 7.98. The zero-order chi connectivity index (χ0) is 14.8. The van der Waals surface area contributed by atoms with E-state index >= 15 is 0 Å². The number of thioether (sulfide) groups is 1. The van der Waals surface area contributed by atoms with Gasteiger partial charge in [-0.15, -0.1) is 11.8 Å². The number of nitrogens with one attached hydrogen (secondary N) is 1. The number of likely N-dealkylation sites (N-methyl/N-ethyl adjacent to an activating group) is 1. The van der Waals surface area contributed by atoms with E-state index in [1.807, 2.05) is 13.3 Å². The molecule has 1 aliphatic rings. The molecule has 1 saturated heterocycles. The Kier molecular flexibility index (Phi) is 5.36. The highest BCUT2D eigenvalue weighted by Gasteiger charge is 2.29. The minimum atomic E-state index is -3.45. The molecule has 0 spiro atoms. The van der Waals surface area contributed by atoms with Crippen LogP contribution in [-0.4, -0.2) is 45.2 Å². The summed E-state index contributed by atoms with van der Waals surface area (Å²) in [5.41, 5.74) is 0. The second-order valence-corrected chi connectivity index (χ2v) is 7.98. The zero-order valence-corrected chi connectivity index (χ0v) is 14.0. The number of nitrogens with zero attached hydrogens (tertiary/aromatic N) is 1. The molecule has 20 heavy (non-hydrogen) atoms. The van der Waals surface area contributed by atoms with Crippen LogP contribution < -0.4 is 5.32 Å². The van der Waals surface area contributed by atoms with Crippen LogP contribution >= 0.6 is 23.4 Å². The number of halogens is 1. The molecule has 1 fully saturated rings. The van der Waals surface area contributed by atoms with E-state index in [0.717, 1.165) is 17.7 Å². The summed E-state index contributed by atoms with van der Waals surface area (Å²) in [6, 6.07) is 5.17. The van der Waals surface area contributed by atoms with E-state index in [2.05, 4.69) is 5.32 Å². The van der Waals surface area contributed by atoms with E-state index in [0.29, 0.717) is 18.1 Å². The van der Waals surface area contributed by atoms with E-state index in [1.165, 1.54) is 11.8 Å². The zero-order valence-electron chi connectivity index (χ0n) is 11.6. The third-order valence-electron chi connectivity index (χ3n) is 3.55. The quantitative estimate of drug-likeness (QED) is 0.859. The van der Waals surface area contributed by atoms with Gasteiger partial charge in [0, 0.05) is 24.0 Å². The van der Waals surface area contributed by atoms with Crippen LogP contribution in [0, 0.1) is 0 Å². The van der Waals surface area contributed by atoms with Crippen LogP contribution in [0.2, 0.25) is 5.02 Å². The predicted molar refractivity (Wildman–Crippen MR) is 84.1 cm³/mol. The maximum Gasteiger partial charge on any atom is 0.243 e. The van der Waals surface area contributed by atoms with Crippen LogP contribution in [0.1, 0.15) is 12.8 Å².